The predicted molar refractivity (Wildman–Crippen MR) is 130 cm³/mol. The molecule has 0 atom stereocenters. The highest BCUT2D eigenvalue weighted by molar-refractivity contribution is 7.85. The van der Waals surface area contributed by atoms with Gasteiger partial charge in [-0.05, 0) is 29.8 Å². The predicted octanol–water partition coefficient (Wildman–Crippen LogP) is 4.25. The average molecular weight is 497 g/mol. The molecule has 12 heteroatoms. The van der Waals surface area contributed by atoms with E-state index in [1.165, 1.54) is 0 Å². The van der Waals surface area contributed by atoms with E-state index < -0.39 is 21.9 Å². The van der Waals surface area contributed by atoms with Crippen LogP contribution in [0.3, 0.4) is 0 Å². The Kier molecular flexibility index (Phi) is 6.41. The van der Waals surface area contributed by atoms with Crippen molar-refractivity contribution in [1.82, 2.24) is 20.2 Å². The molecule has 4 rings (SSSR count). The van der Waals surface area contributed by atoms with Gasteiger partial charge in [-0.1, -0.05) is 55.4 Å². The molecule has 0 radical (unpaired) electrons. The van der Waals surface area contributed by atoms with Crippen LogP contribution in [-0.2, 0) is 21.3 Å². The monoisotopic (exact) mass is 496 g/mol. The lowest BCUT2D eigenvalue weighted by atomic mass is 9.93. The number of hydrogen-bond acceptors (Lipinski definition) is 7. The minimum Gasteiger partial charge on any atom is -0.359 e. The van der Waals surface area contributed by atoms with E-state index in [-0.39, 0.29) is 5.41 Å². The van der Waals surface area contributed by atoms with Crippen LogP contribution in [0.25, 0.3) is 16.9 Å². The number of aromatic nitrogens is 4. The van der Waals surface area contributed by atoms with Gasteiger partial charge in [-0.15, -0.1) is 5.10 Å². The number of hydrogen-bond donors (Lipinski definition) is 3. The molecule has 0 saturated heterocycles. The van der Waals surface area contributed by atoms with E-state index in [0.29, 0.717) is 34.2 Å². The summed E-state index contributed by atoms with van der Waals surface area (Å²) < 4.78 is 37.8. The Morgan fingerprint density at radius 2 is 1.74 bits per heavy atom. The zero-order valence-corrected chi connectivity index (χ0v) is 20.1. The van der Waals surface area contributed by atoms with Crippen molar-refractivity contribution < 1.29 is 22.3 Å². The molecule has 0 aliphatic rings. The molecule has 0 aliphatic heterocycles. The highest BCUT2D eigenvalue weighted by Crippen LogP contribution is 2.25. The summed E-state index contributed by atoms with van der Waals surface area (Å²) in [5.74, 6) is 0.538. The van der Waals surface area contributed by atoms with Crippen LogP contribution in [0.5, 0.6) is 0 Å². The minimum atomic E-state index is -4.09. The van der Waals surface area contributed by atoms with Gasteiger partial charge in [0.2, 0.25) is 0 Å². The standard InChI is InChI=1S/C23H24N6O5S/c1-23(2,3)20-12-21(27-34-20)25-22(30)24-17-8-6-16(7-9-17)19-13-29(28-26-19)18-10-4-15(5-11-18)14-35(31,32)33/h4-13H,14H2,1-3H3,(H,31,32,33)(H2,24,25,27,30). The third kappa shape index (κ3) is 6.31. The summed E-state index contributed by atoms with van der Waals surface area (Å²) in [6.07, 6.45) is 1.73. The summed E-state index contributed by atoms with van der Waals surface area (Å²) in [5.41, 5.74) is 2.90. The van der Waals surface area contributed by atoms with Gasteiger partial charge >= 0.3 is 6.03 Å². The van der Waals surface area contributed by atoms with Crippen molar-refractivity contribution in [1.29, 1.82) is 0 Å². The van der Waals surface area contributed by atoms with Crippen molar-refractivity contribution in [3.05, 3.63) is 72.1 Å². The molecule has 11 nitrogen and oxygen atoms in total. The summed E-state index contributed by atoms with van der Waals surface area (Å²) in [5, 5.41) is 17.5. The van der Waals surface area contributed by atoms with E-state index in [4.69, 9.17) is 9.08 Å². The SMILES string of the molecule is CC(C)(C)c1cc(NC(=O)Nc2ccc(-c3cn(-c4ccc(CS(=O)(=O)O)cc4)nn3)cc2)no1. The van der Waals surface area contributed by atoms with Crippen LogP contribution in [0.1, 0.15) is 32.1 Å². The van der Waals surface area contributed by atoms with Crippen LogP contribution >= 0.6 is 0 Å². The fourth-order valence-electron chi connectivity index (χ4n) is 3.17. The van der Waals surface area contributed by atoms with Gasteiger partial charge in [0.05, 0.1) is 11.9 Å². The highest BCUT2D eigenvalue weighted by Gasteiger charge is 2.20. The second-order valence-corrected chi connectivity index (χ2v) is 10.4. The molecule has 35 heavy (non-hydrogen) atoms. The molecule has 2 heterocycles. The van der Waals surface area contributed by atoms with Gasteiger partial charge in [0, 0.05) is 22.7 Å². The van der Waals surface area contributed by atoms with E-state index in [1.54, 1.807) is 65.5 Å². The Morgan fingerprint density at radius 3 is 2.34 bits per heavy atom. The van der Waals surface area contributed by atoms with Crippen molar-refractivity contribution in [2.24, 2.45) is 0 Å². The van der Waals surface area contributed by atoms with Gasteiger partial charge in [0.15, 0.2) is 5.82 Å². The fourth-order valence-corrected chi connectivity index (χ4v) is 3.78. The highest BCUT2D eigenvalue weighted by atomic mass is 32.2. The lowest BCUT2D eigenvalue weighted by Crippen LogP contribution is -2.19. The molecule has 0 unspecified atom stereocenters. The number of anilines is 2. The van der Waals surface area contributed by atoms with E-state index >= 15 is 0 Å². The molecule has 0 saturated carbocycles. The minimum absolute atomic E-state index is 0.215. The van der Waals surface area contributed by atoms with Crippen LogP contribution in [0, 0.1) is 0 Å². The molecule has 3 N–H and O–H groups in total. The number of benzene rings is 2. The molecule has 2 aromatic carbocycles. The number of carbonyl (C=O) groups is 1. The molecular weight excluding hydrogens is 472 g/mol. The Bertz CT molecular complexity index is 1430. The second kappa shape index (κ2) is 9.31. The van der Waals surface area contributed by atoms with Gasteiger partial charge in [-0.25, -0.2) is 9.48 Å². The third-order valence-corrected chi connectivity index (χ3v) is 5.67. The number of carbonyl (C=O) groups excluding carboxylic acids is 1. The fraction of sp³-hybridized carbons (Fsp3) is 0.217. The van der Waals surface area contributed by atoms with Crippen LogP contribution in [0.2, 0.25) is 0 Å². The lowest BCUT2D eigenvalue weighted by molar-refractivity contribution is 0.262. The van der Waals surface area contributed by atoms with Gasteiger partial charge in [0.25, 0.3) is 10.1 Å². The average Bonchev–Trinajstić information content (AvgIpc) is 3.44. The number of amides is 2. The number of urea groups is 1. The molecule has 2 amide bonds. The molecule has 0 bridgehead atoms. The van der Waals surface area contributed by atoms with Gasteiger partial charge in [0.1, 0.15) is 17.2 Å². The van der Waals surface area contributed by atoms with Crippen LogP contribution in [0.15, 0.2) is 65.3 Å². The number of nitrogens with one attached hydrogen (secondary N) is 2. The van der Waals surface area contributed by atoms with Crippen molar-refractivity contribution >= 4 is 27.7 Å². The molecule has 2 aromatic heterocycles. The maximum Gasteiger partial charge on any atom is 0.324 e. The normalized spacial score (nSPS) is 11.9. The third-order valence-electron chi connectivity index (χ3n) is 4.97. The van der Waals surface area contributed by atoms with Crippen LogP contribution in [0.4, 0.5) is 16.3 Å². The van der Waals surface area contributed by atoms with E-state index in [0.717, 1.165) is 5.56 Å². The molecule has 0 fully saturated rings. The Balaban J connectivity index is 1.38. The van der Waals surface area contributed by atoms with E-state index in [1.807, 2.05) is 20.8 Å². The zero-order chi connectivity index (χ0) is 25.2. The van der Waals surface area contributed by atoms with Crippen molar-refractivity contribution in [2.45, 2.75) is 31.9 Å². The Morgan fingerprint density at radius 1 is 1.06 bits per heavy atom. The summed E-state index contributed by atoms with van der Waals surface area (Å²) in [6, 6.07) is 14.9. The molecule has 4 aromatic rings. The van der Waals surface area contributed by atoms with Crippen molar-refractivity contribution in [2.75, 3.05) is 10.6 Å². The van der Waals surface area contributed by atoms with Crippen LogP contribution in [-0.4, -0.2) is 39.2 Å². The maximum absolute atomic E-state index is 12.3. The quantitative estimate of drug-likeness (QED) is 0.335. The Hall–Kier alpha value is -4.03. The first-order valence-corrected chi connectivity index (χ1v) is 12.2. The summed E-state index contributed by atoms with van der Waals surface area (Å²) in [6.45, 7) is 5.96. The first kappa shape index (κ1) is 24.1. The molecule has 0 spiro atoms. The number of nitrogens with zero attached hydrogens (tertiary/aromatic N) is 4. The Labute approximate surface area is 201 Å². The molecular formula is C23H24N6O5S. The molecule has 182 valence electrons. The number of rotatable bonds is 6. The summed E-state index contributed by atoms with van der Waals surface area (Å²) in [4.78, 5) is 12.3. The summed E-state index contributed by atoms with van der Waals surface area (Å²) in [7, 11) is -4.09. The first-order chi connectivity index (χ1) is 16.5. The van der Waals surface area contributed by atoms with Gasteiger partial charge in [-0.2, -0.15) is 8.42 Å². The first-order valence-electron chi connectivity index (χ1n) is 10.6. The van der Waals surface area contributed by atoms with Crippen LogP contribution < -0.4 is 10.6 Å². The maximum atomic E-state index is 12.3. The topological polar surface area (TPSA) is 152 Å². The largest absolute Gasteiger partial charge is 0.359 e. The van der Waals surface area contributed by atoms with Crippen molar-refractivity contribution in [3.63, 3.8) is 0 Å². The van der Waals surface area contributed by atoms with Crippen molar-refractivity contribution in [3.8, 4) is 16.9 Å². The summed E-state index contributed by atoms with van der Waals surface area (Å²) >= 11 is 0. The molecule has 0 aliphatic carbocycles. The van der Waals surface area contributed by atoms with E-state index in [2.05, 4.69) is 26.1 Å². The smallest absolute Gasteiger partial charge is 0.324 e. The van der Waals surface area contributed by atoms with E-state index in [9.17, 15) is 13.2 Å². The van der Waals surface area contributed by atoms with Gasteiger partial charge < -0.3 is 9.84 Å². The second-order valence-electron chi connectivity index (χ2n) is 8.92. The lowest BCUT2D eigenvalue weighted by Gasteiger charge is -2.12. The zero-order valence-electron chi connectivity index (χ0n) is 19.3. The van der Waals surface area contributed by atoms with Gasteiger partial charge in [-0.3, -0.25) is 9.87 Å².